The van der Waals surface area contributed by atoms with Crippen LogP contribution in [0.15, 0.2) is 36.9 Å². The first kappa shape index (κ1) is 23.6. The number of likely N-dealkylation sites (tertiary alicyclic amines) is 2. The van der Waals surface area contributed by atoms with Gasteiger partial charge in [-0.15, -0.1) is 10.2 Å². The van der Waals surface area contributed by atoms with E-state index in [9.17, 15) is 9.59 Å². The number of aromatic nitrogens is 3. The van der Waals surface area contributed by atoms with Gasteiger partial charge in [-0.1, -0.05) is 25.6 Å². The summed E-state index contributed by atoms with van der Waals surface area (Å²) >= 11 is 0. The minimum atomic E-state index is -0.715. The van der Waals surface area contributed by atoms with Crippen LogP contribution >= 0.6 is 0 Å². The molecule has 2 amide bonds. The van der Waals surface area contributed by atoms with Gasteiger partial charge < -0.3 is 26.2 Å². The zero-order valence-electron chi connectivity index (χ0n) is 19.8. The number of nitrogens with one attached hydrogen (secondary N) is 2. The second-order valence-corrected chi connectivity index (χ2v) is 9.38. The van der Waals surface area contributed by atoms with Crippen molar-refractivity contribution in [3.05, 3.63) is 48.2 Å². The largest absolute Gasteiger partial charge is 0.364 e. The highest BCUT2D eigenvalue weighted by atomic mass is 16.2. The number of amides is 2. The minimum absolute atomic E-state index is 0.0208. The van der Waals surface area contributed by atoms with E-state index in [2.05, 4.69) is 63.4 Å². The Morgan fingerprint density at radius 2 is 1.88 bits per heavy atom. The molecule has 2 aromatic rings. The van der Waals surface area contributed by atoms with Gasteiger partial charge >= 0.3 is 0 Å². The molecule has 3 heterocycles. The van der Waals surface area contributed by atoms with E-state index >= 15 is 0 Å². The second-order valence-electron chi connectivity index (χ2n) is 9.38. The van der Waals surface area contributed by atoms with Crippen LogP contribution in [0.3, 0.4) is 0 Å². The van der Waals surface area contributed by atoms with Crippen molar-refractivity contribution in [2.24, 2.45) is 5.73 Å². The smallest absolute Gasteiger partial charge is 0.273 e. The van der Waals surface area contributed by atoms with Crippen LogP contribution in [-0.4, -0.2) is 76.1 Å². The van der Waals surface area contributed by atoms with Crippen molar-refractivity contribution in [2.45, 2.75) is 37.6 Å². The van der Waals surface area contributed by atoms with Gasteiger partial charge in [0.25, 0.3) is 5.91 Å². The second kappa shape index (κ2) is 9.76. The molecule has 10 nitrogen and oxygen atoms in total. The van der Waals surface area contributed by atoms with Crippen LogP contribution in [-0.2, 0) is 10.2 Å². The van der Waals surface area contributed by atoms with Crippen molar-refractivity contribution in [3.63, 3.8) is 0 Å². The maximum atomic E-state index is 11.9. The lowest BCUT2D eigenvalue weighted by Gasteiger charge is -2.38. The highest BCUT2D eigenvalue weighted by Gasteiger charge is 2.30. The molecular formula is C24H32N8O2. The first-order chi connectivity index (χ1) is 16.3. The molecule has 180 valence electrons. The lowest BCUT2D eigenvalue weighted by molar-refractivity contribution is -0.125. The predicted molar refractivity (Wildman–Crippen MR) is 131 cm³/mol. The molecule has 2 fully saturated rings. The van der Waals surface area contributed by atoms with Crippen LogP contribution in [0.25, 0.3) is 0 Å². The molecule has 0 aliphatic carbocycles. The number of hydrogen-bond donors (Lipinski definition) is 3. The molecule has 0 unspecified atom stereocenters. The van der Waals surface area contributed by atoms with Crippen molar-refractivity contribution in [3.8, 4) is 0 Å². The maximum Gasteiger partial charge on any atom is 0.273 e. The summed E-state index contributed by atoms with van der Waals surface area (Å²) < 4.78 is 0. The summed E-state index contributed by atoms with van der Waals surface area (Å²) in [7, 11) is 2.16. The molecule has 2 aliphatic heterocycles. The van der Waals surface area contributed by atoms with E-state index in [1.54, 1.807) is 4.90 Å². The first-order valence-electron chi connectivity index (χ1n) is 11.6. The lowest BCUT2D eigenvalue weighted by Crippen LogP contribution is -2.38. The Morgan fingerprint density at radius 1 is 1.18 bits per heavy atom. The summed E-state index contributed by atoms with van der Waals surface area (Å²) in [6, 6.07) is 8.18. The normalized spacial score (nSPS) is 20.1. The van der Waals surface area contributed by atoms with E-state index in [4.69, 9.17) is 5.73 Å². The van der Waals surface area contributed by atoms with Gasteiger partial charge in [-0.3, -0.25) is 9.59 Å². The molecule has 2 saturated heterocycles. The Balaban J connectivity index is 1.48. The van der Waals surface area contributed by atoms with Gasteiger partial charge in [0.15, 0.2) is 11.5 Å². The molecule has 1 aromatic heterocycles. The van der Waals surface area contributed by atoms with Gasteiger partial charge in [-0.25, -0.2) is 0 Å². The fraction of sp³-hybridized carbons (Fsp3) is 0.458. The summed E-state index contributed by atoms with van der Waals surface area (Å²) in [6.07, 6.45) is 4.29. The summed E-state index contributed by atoms with van der Waals surface area (Å²) in [5.41, 5.74) is 7.69. The van der Waals surface area contributed by atoms with E-state index in [0.29, 0.717) is 13.1 Å². The molecule has 2 aliphatic rings. The average molecular weight is 465 g/mol. The van der Waals surface area contributed by atoms with Crippen LogP contribution in [0.1, 0.15) is 42.2 Å². The van der Waals surface area contributed by atoms with Crippen molar-refractivity contribution in [1.82, 2.24) is 25.0 Å². The molecule has 1 atom stereocenters. The fourth-order valence-corrected chi connectivity index (χ4v) is 4.52. The summed E-state index contributed by atoms with van der Waals surface area (Å²) in [5.74, 6) is -0.318. The van der Waals surface area contributed by atoms with Crippen LogP contribution < -0.4 is 16.4 Å². The first-order valence-corrected chi connectivity index (χ1v) is 11.6. The SMILES string of the molecule is C=CC(=O)N1CC[C@@H](Nc2nnc(C(N)=O)c(Nc3ccc(C4(C)CCN(C)CC4)cc3)n2)C1. The van der Waals surface area contributed by atoms with Crippen LogP contribution in [0.2, 0.25) is 0 Å². The van der Waals surface area contributed by atoms with Gasteiger partial charge in [0.05, 0.1) is 0 Å². The number of nitrogens with two attached hydrogens (primary N) is 1. The number of hydrogen-bond acceptors (Lipinski definition) is 8. The Kier molecular flexibility index (Phi) is 6.78. The standard InChI is InChI=1S/C24H32N8O2/c1-4-19(33)32-12-9-18(15-32)27-23-28-22(20(21(25)34)29-30-23)26-17-7-5-16(6-8-17)24(2)10-13-31(3)14-11-24/h4-8,18H,1,9-15H2,2-3H3,(H2,25,34)(H2,26,27,28,30)/t18-/m1/s1. The molecule has 0 radical (unpaired) electrons. The highest BCUT2D eigenvalue weighted by Crippen LogP contribution is 2.35. The number of piperidine rings is 1. The zero-order chi connectivity index (χ0) is 24.3. The van der Waals surface area contributed by atoms with Gasteiger partial charge in [-0.2, -0.15) is 4.98 Å². The van der Waals surface area contributed by atoms with Gasteiger partial charge in [0, 0.05) is 24.8 Å². The van der Waals surface area contributed by atoms with Gasteiger partial charge in [0.2, 0.25) is 11.9 Å². The van der Waals surface area contributed by atoms with E-state index in [1.807, 2.05) is 12.1 Å². The molecular weight excluding hydrogens is 432 g/mol. The van der Waals surface area contributed by atoms with E-state index in [-0.39, 0.29) is 34.8 Å². The fourth-order valence-electron chi connectivity index (χ4n) is 4.52. The Labute approximate surface area is 199 Å². The molecule has 0 spiro atoms. The van der Waals surface area contributed by atoms with Gasteiger partial charge in [-0.05, 0) is 68.6 Å². The Hall–Kier alpha value is -3.53. The Morgan fingerprint density at radius 3 is 2.53 bits per heavy atom. The zero-order valence-corrected chi connectivity index (χ0v) is 19.8. The van der Waals surface area contributed by atoms with Crippen molar-refractivity contribution in [2.75, 3.05) is 43.9 Å². The molecule has 10 heteroatoms. The Bertz CT molecular complexity index is 1060. The topological polar surface area (TPSA) is 129 Å². The highest BCUT2D eigenvalue weighted by molar-refractivity contribution is 5.96. The minimum Gasteiger partial charge on any atom is -0.364 e. The molecule has 4 rings (SSSR count). The molecule has 0 saturated carbocycles. The van der Waals surface area contributed by atoms with E-state index in [1.165, 1.54) is 11.6 Å². The van der Waals surface area contributed by atoms with Gasteiger partial charge in [0.1, 0.15) is 0 Å². The number of carbonyl (C=O) groups is 2. The van der Waals surface area contributed by atoms with Crippen molar-refractivity contribution >= 4 is 29.3 Å². The van der Waals surface area contributed by atoms with E-state index < -0.39 is 5.91 Å². The quantitative estimate of drug-likeness (QED) is 0.530. The van der Waals surface area contributed by atoms with Crippen molar-refractivity contribution < 1.29 is 9.59 Å². The van der Waals surface area contributed by atoms with E-state index in [0.717, 1.165) is 38.0 Å². The predicted octanol–water partition coefficient (Wildman–Crippen LogP) is 1.90. The number of anilines is 3. The molecule has 34 heavy (non-hydrogen) atoms. The van der Waals surface area contributed by atoms with Crippen LogP contribution in [0, 0.1) is 0 Å². The molecule has 1 aromatic carbocycles. The summed E-state index contributed by atoms with van der Waals surface area (Å²) in [4.78, 5) is 32.3. The summed E-state index contributed by atoms with van der Waals surface area (Å²) in [6.45, 7) is 9.16. The lowest BCUT2D eigenvalue weighted by atomic mass is 9.74. The number of nitrogens with zero attached hydrogens (tertiary/aromatic N) is 5. The monoisotopic (exact) mass is 464 g/mol. The molecule has 0 bridgehead atoms. The van der Waals surface area contributed by atoms with Crippen LogP contribution in [0.4, 0.5) is 17.5 Å². The van der Waals surface area contributed by atoms with Crippen LogP contribution in [0.5, 0.6) is 0 Å². The molecule has 4 N–H and O–H groups in total. The third-order valence-corrected chi connectivity index (χ3v) is 6.86. The number of carbonyl (C=O) groups excluding carboxylic acids is 2. The third kappa shape index (κ3) is 5.17. The third-order valence-electron chi connectivity index (χ3n) is 6.86. The number of primary amides is 1. The average Bonchev–Trinajstić information content (AvgIpc) is 3.29. The summed E-state index contributed by atoms with van der Waals surface area (Å²) in [5, 5.41) is 14.3. The maximum absolute atomic E-state index is 11.9. The van der Waals surface area contributed by atoms with Crippen molar-refractivity contribution in [1.29, 1.82) is 0 Å². The number of rotatable bonds is 7. The number of benzene rings is 1.